The van der Waals surface area contributed by atoms with E-state index in [9.17, 15) is 18.0 Å². The highest BCUT2D eigenvalue weighted by atomic mass is 32.2. The summed E-state index contributed by atoms with van der Waals surface area (Å²) in [6.07, 6.45) is 2.03. The number of anilines is 1. The van der Waals surface area contributed by atoms with Gasteiger partial charge < -0.3 is 20.8 Å². The first-order valence-corrected chi connectivity index (χ1v) is 13.6. The third kappa shape index (κ3) is 7.08. The molecule has 2 amide bonds. The van der Waals surface area contributed by atoms with Gasteiger partial charge in [0.2, 0.25) is 5.91 Å². The molecule has 3 aromatic carbocycles. The maximum absolute atomic E-state index is 13.5. The molecular weight excluding hydrogens is 492 g/mol. The molecule has 3 N–H and O–H groups in total. The first-order chi connectivity index (χ1) is 17.9. The Labute approximate surface area is 216 Å². The van der Waals surface area contributed by atoms with E-state index in [1.165, 1.54) is 24.3 Å². The SMILES string of the molecule is O=C(CNC(=O)c1ccc(S(=O)(=O)N(Oc2ccccc2)c2ccccc2)cc1)NCC1CCNCC1. The molecular formula is C27H30N4O5S. The lowest BCUT2D eigenvalue weighted by Gasteiger charge is -2.24. The number of para-hydroxylation sites is 2. The number of carbonyl (C=O) groups is 2. The lowest BCUT2D eigenvalue weighted by Crippen LogP contribution is -2.40. The summed E-state index contributed by atoms with van der Waals surface area (Å²) in [4.78, 5) is 30.4. The zero-order chi connectivity index (χ0) is 26.1. The van der Waals surface area contributed by atoms with Crippen LogP contribution in [0.3, 0.4) is 0 Å². The number of hydrogen-bond acceptors (Lipinski definition) is 6. The molecule has 0 spiro atoms. The quantitative estimate of drug-likeness (QED) is 0.353. The van der Waals surface area contributed by atoms with Gasteiger partial charge in [-0.25, -0.2) is 0 Å². The van der Waals surface area contributed by atoms with Crippen LogP contribution in [0.5, 0.6) is 5.75 Å². The maximum atomic E-state index is 13.5. The Morgan fingerprint density at radius 1 is 0.865 bits per heavy atom. The van der Waals surface area contributed by atoms with E-state index >= 15 is 0 Å². The number of rotatable bonds is 10. The molecule has 1 saturated heterocycles. The molecule has 1 aliphatic rings. The summed E-state index contributed by atoms with van der Waals surface area (Å²) >= 11 is 0. The van der Waals surface area contributed by atoms with Crippen molar-refractivity contribution in [3.05, 3.63) is 90.5 Å². The third-order valence-electron chi connectivity index (χ3n) is 5.99. The van der Waals surface area contributed by atoms with Crippen LogP contribution in [0.25, 0.3) is 0 Å². The van der Waals surface area contributed by atoms with Crippen LogP contribution in [0.1, 0.15) is 23.2 Å². The summed E-state index contributed by atoms with van der Waals surface area (Å²) in [6.45, 7) is 2.33. The van der Waals surface area contributed by atoms with Crippen molar-refractivity contribution >= 4 is 27.5 Å². The van der Waals surface area contributed by atoms with E-state index in [2.05, 4.69) is 16.0 Å². The van der Waals surface area contributed by atoms with Crippen molar-refractivity contribution < 1.29 is 22.8 Å². The van der Waals surface area contributed by atoms with Crippen molar-refractivity contribution in [1.82, 2.24) is 16.0 Å². The molecule has 0 bridgehead atoms. The molecule has 0 aliphatic carbocycles. The Morgan fingerprint density at radius 3 is 2.14 bits per heavy atom. The minimum atomic E-state index is -4.13. The minimum Gasteiger partial charge on any atom is -0.364 e. The second-order valence-corrected chi connectivity index (χ2v) is 10.4. The number of hydrogen-bond donors (Lipinski definition) is 3. The summed E-state index contributed by atoms with van der Waals surface area (Å²) in [5, 5.41) is 8.72. The van der Waals surface area contributed by atoms with Crippen molar-refractivity contribution in [3.63, 3.8) is 0 Å². The number of carbonyl (C=O) groups excluding carboxylic acids is 2. The normalized spacial score (nSPS) is 13.9. The molecule has 1 aliphatic heterocycles. The number of piperidine rings is 1. The number of nitrogens with one attached hydrogen (secondary N) is 3. The number of benzene rings is 3. The fourth-order valence-electron chi connectivity index (χ4n) is 3.91. The topological polar surface area (TPSA) is 117 Å². The van der Waals surface area contributed by atoms with Crippen molar-refractivity contribution in [3.8, 4) is 5.75 Å². The highest BCUT2D eigenvalue weighted by Crippen LogP contribution is 2.26. The lowest BCUT2D eigenvalue weighted by atomic mass is 9.98. The molecule has 0 atom stereocenters. The lowest BCUT2D eigenvalue weighted by molar-refractivity contribution is -0.120. The molecule has 3 aromatic rings. The molecule has 0 saturated carbocycles. The fourth-order valence-corrected chi connectivity index (χ4v) is 5.17. The van der Waals surface area contributed by atoms with Gasteiger partial charge in [0.1, 0.15) is 0 Å². The van der Waals surface area contributed by atoms with Crippen molar-refractivity contribution in [2.45, 2.75) is 17.7 Å². The Bertz CT molecular complexity index is 1280. The van der Waals surface area contributed by atoms with E-state index in [-0.39, 0.29) is 22.9 Å². The van der Waals surface area contributed by atoms with Crippen LogP contribution in [0.15, 0.2) is 89.8 Å². The van der Waals surface area contributed by atoms with E-state index in [1.54, 1.807) is 60.7 Å². The molecule has 4 rings (SSSR count). The van der Waals surface area contributed by atoms with Gasteiger partial charge in [0.05, 0.1) is 17.1 Å². The van der Waals surface area contributed by atoms with E-state index in [4.69, 9.17) is 4.84 Å². The molecule has 9 nitrogen and oxygen atoms in total. The largest absolute Gasteiger partial charge is 0.364 e. The van der Waals surface area contributed by atoms with Crippen LogP contribution in [0.4, 0.5) is 5.69 Å². The van der Waals surface area contributed by atoms with Crippen molar-refractivity contribution in [1.29, 1.82) is 0 Å². The highest BCUT2D eigenvalue weighted by Gasteiger charge is 2.28. The summed E-state index contributed by atoms with van der Waals surface area (Å²) in [7, 11) is -4.13. The van der Waals surface area contributed by atoms with Gasteiger partial charge in [0, 0.05) is 12.1 Å². The number of nitrogens with zero attached hydrogens (tertiary/aromatic N) is 1. The summed E-state index contributed by atoms with van der Waals surface area (Å²) in [6, 6.07) is 22.5. The second kappa shape index (κ2) is 12.4. The zero-order valence-corrected chi connectivity index (χ0v) is 21.1. The van der Waals surface area contributed by atoms with Gasteiger partial charge in [-0.1, -0.05) is 40.9 Å². The molecule has 1 heterocycles. The predicted octanol–water partition coefficient (Wildman–Crippen LogP) is 2.72. The zero-order valence-electron chi connectivity index (χ0n) is 20.3. The summed E-state index contributed by atoms with van der Waals surface area (Å²) < 4.78 is 27.8. The average molecular weight is 523 g/mol. The molecule has 194 valence electrons. The van der Waals surface area contributed by atoms with Gasteiger partial charge in [-0.2, -0.15) is 8.42 Å². The van der Waals surface area contributed by atoms with Crippen LogP contribution in [0.2, 0.25) is 0 Å². The summed E-state index contributed by atoms with van der Waals surface area (Å²) in [5.41, 5.74) is 0.559. The standard InChI is InChI=1S/C27H30N4O5S/c32-26(29-19-21-15-17-28-18-16-21)20-30-27(33)22-11-13-25(14-12-22)37(34,35)31(23-7-3-1-4-8-23)36-24-9-5-2-6-10-24/h1-14,21,28H,15-20H2,(H,29,32)(H,30,33). The van der Waals surface area contributed by atoms with E-state index in [0.29, 0.717) is 23.9 Å². The Kier molecular flexibility index (Phi) is 8.76. The molecule has 0 radical (unpaired) electrons. The first kappa shape index (κ1) is 26.2. The van der Waals surface area contributed by atoms with Crippen LogP contribution < -0.4 is 25.3 Å². The Hall–Kier alpha value is -3.89. The molecule has 0 aromatic heterocycles. The third-order valence-corrected chi connectivity index (χ3v) is 7.58. The monoisotopic (exact) mass is 522 g/mol. The molecule has 37 heavy (non-hydrogen) atoms. The first-order valence-electron chi connectivity index (χ1n) is 12.1. The van der Waals surface area contributed by atoms with Gasteiger partial charge in [0.15, 0.2) is 5.75 Å². The highest BCUT2D eigenvalue weighted by molar-refractivity contribution is 7.92. The molecule has 10 heteroatoms. The molecule has 0 unspecified atom stereocenters. The van der Waals surface area contributed by atoms with Gasteiger partial charge in [-0.05, 0) is 80.4 Å². The van der Waals surface area contributed by atoms with Crippen LogP contribution in [0, 0.1) is 5.92 Å². The maximum Gasteiger partial charge on any atom is 0.295 e. The van der Waals surface area contributed by atoms with Crippen molar-refractivity contribution in [2.24, 2.45) is 5.92 Å². The number of amides is 2. The average Bonchev–Trinajstić information content (AvgIpc) is 2.95. The minimum absolute atomic E-state index is 0.0523. The fraction of sp³-hybridized carbons (Fsp3) is 0.259. The van der Waals surface area contributed by atoms with Gasteiger partial charge >= 0.3 is 0 Å². The van der Waals surface area contributed by atoms with Gasteiger partial charge in [-0.3, -0.25) is 9.59 Å². The van der Waals surface area contributed by atoms with E-state index in [1.807, 2.05) is 0 Å². The van der Waals surface area contributed by atoms with E-state index in [0.717, 1.165) is 30.4 Å². The van der Waals surface area contributed by atoms with Crippen LogP contribution >= 0.6 is 0 Å². The number of sulfonamides is 1. The van der Waals surface area contributed by atoms with Crippen LogP contribution in [-0.2, 0) is 14.8 Å². The smallest absolute Gasteiger partial charge is 0.295 e. The second-order valence-electron chi connectivity index (χ2n) is 8.68. The Morgan fingerprint density at radius 2 is 1.49 bits per heavy atom. The Balaban J connectivity index is 1.40. The predicted molar refractivity (Wildman–Crippen MR) is 141 cm³/mol. The van der Waals surface area contributed by atoms with Crippen molar-refractivity contribution in [2.75, 3.05) is 30.6 Å². The van der Waals surface area contributed by atoms with Crippen LogP contribution in [-0.4, -0.2) is 46.4 Å². The van der Waals surface area contributed by atoms with Gasteiger partial charge in [-0.15, -0.1) is 0 Å². The molecule has 1 fully saturated rings. The summed E-state index contributed by atoms with van der Waals surface area (Å²) in [5.74, 6) is 0.0603. The van der Waals surface area contributed by atoms with E-state index < -0.39 is 15.9 Å². The van der Waals surface area contributed by atoms with Gasteiger partial charge in [0.25, 0.3) is 15.9 Å².